The molecule has 4 rings (SSSR count). The minimum atomic E-state index is -4.59. The second-order valence-electron chi connectivity index (χ2n) is 8.49. The summed E-state index contributed by atoms with van der Waals surface area (Å²) in [5.74, 6) is -0.689. The van der Waals surface area contributed by atoms with Gasteiger partial charge in [-0.05, 0) is 30.9 Å². The van der Waals surface area contributed by atoms with Gasteiger partial charge in [-0.15, -0.1) is 0 Å². The molecule has 1 aromatic carbocycles. The molecule has 0 saturated heterocycles. The van der Waals surface area contributed by atoms with Crippen molar-refractivity contribution in [3.8, 4) is 11.3 Å². The Morgan fingerprint density at radius 3 is 2.43 bits per heavy atom. The number of halogens is 3. The van der Waals surface area contributed by atoms with Crippen LogP contribution in [-0.4, -0.2) is 39.4 Å². The van der Waals surface area contributed by atoms with Crippen molar-refractivity contribution in [2.75, 3.05) is 0 Å². The quantitative estimate of drug-likeness (QED) is 0.427. The van der Waals surface area contributed by atoms with Crippen LogP contribution in [0.5, 0.6) is 0 Å². The SMILES string of the molecule is CCC(C(=O)Cc1ccc(-c2cncc(C(F)(F)F)n2)cc1)c1ccnc(CS(=O)(=O)C2CC2)n1. The van der Waals surface area contributed by atoms with Crippen molar-refractivity contribution in [3.63, 3.8) is 0 Å². The molecule has 0 amide bonds. The number of benzene rings is 1. The maximum atomic E-state index is 13.0. The Morgan fingerprint density at radius 1 is 1.09 bits per heavy atom. The predicted octanol–water partition coefficient (Wildman–Crippen LogP) is 4.34. The molecule has 35 heavy (non-hydrogen) atoms. The van der Waals surface area contributed by atoms with Crippen molar-refractivity contribution in [3.05, 3.63) is 71.7 Å². The average molecular weight is 505 g/mol. The number of sulfone groups is 1. The molecule has 0 radical (unpaired) electrons. The standard InChI is InChI=1S/C24H23F3N4O3S/c1-2-18(19-9-10-29-23(31-19)14-35(33,34)17-7-8-17)21(32)11-15-3-5-16(6-4-15)20-12-28-13-22(30-20)24(25,26)27/h3-6,9-10,12-13,17-18H,2,7-8,11,14H2,1H3. The second kappa shape index (κ2) is 9.80. The molecule has 0 spiro atoms. The van der Waals surface area contributed by atoms with Gasteiger partial charge in [0, 0.05) is 18.2 Å². The number of carbonyl (C=O) groups is 1. The van der Waals surface area contributed by atoms with E-state index in [1.54, 1.807) is 30.3 Å². The Kier molecular flexibility index (Phi) is 6.98. The third-order valence-electron chi connectivity index (χ3n) is 5.80. The van der Waals surface area contributed by atoms with Crippen molar-refractivity contribution < 1.29 is 26.4 Å². The van der Waals surface area contributed by atoms with Crippen molar-refractivity contribution in [2.45, 2.75) is 55.7 Å². The fourth-order valence-electron chi connectivity index (χ4n) is 3.76. The van der Waals surface area contributed by atoms with Crippen LogP contribution in [0.1, 0.15) is 54.9 Å². The normalized spacial score (nSPS) is 15.1. The number of alkyl halides is 3. The fourth-order valence-corrected chi connectivity index (χ4v) is 5.35. The van der Waals surface area contributed by atoms with E-state index in [0.717, 1.165) is 0 Å². The van der Waals surface area contributed by atoms with Crippen LogP contribution in [0, 0.1) is 0 Å². The molecule has 0 bridgehead atoms. The summed E-state index contributed by atoms with van der Waals surface area (Å²) in [6, 6.07) is 8.14. The van der Waals surface area contributed by atoms with Gasteiger partial charge >= 0.3 is 6.18 Å². The molecule has 1 unspecified atom stereocenters. The highest BCUT2D eigenvalue weighted by Gasteiger charge is 2.36. The Balaban J connectivity index is 1.47. The number of ketones is 1. The van der Waals surface area contributed by atoms with Gasteiger partial charge in [0.15, 0.2) is 15.5 Å². The van der Waals surface area contributed by atoms with E-state index < -0.39 is 27.6 Å². The highest BCUT2D eigenvalue weighted by molar-refractivity contribution is 7.91. The first-order chi connectivity index (χ1) is 16.6. The molecule has 1 aliphatic rings. The maximum absolute atomic E-state index is 13.0. The first-order valence-corrected chi connectivity index (χ1v) is 12.8. The summed E-state index contributed by atoms with van der Waals surface area (Å²) in [6.07, 6.45) is 0.693. The second-order valence-corrected chi connectivity index (χ2v) is 10.8. The number of nitrogens with zero attached hydrogens (tertiary/aromatic N) is 4. The number of hydrogen-bond donors (Lipinski definition) is 0. The van der Waals surface area contributed by atoms with E-state index >= 15 is 0 Å². The van der Waals surface area contributed by atoms with Crippen molar-refractivity contribution in [1.82, 2.24) is 19.9 Å². The molecule has 0 aliphatic heterocycles. The van der Waals surface area contributed by atoms with E-state index in [4.69, 9.17) is 0 Å². The van der Waals surface area contributed by atoms with Crippen LogP contribution in [0.4, 0.5) is 13.2 Å². The summed E-state index contributed by atoms with van der Waals surface area (Å²) in [5, 5.41) is -0.316. The number of carbonyl (C=O) groups excluding carboxylic acids is 1. The molecule has 1 saturated carbocycles. The first kappa shape index (κ1) is 24.9. The highest BCUT2D eigenvalue weighted by atomic mass is 32.2. The van der Waals surface area contributed by atoms with Crippen molar-refractivity contribution >= 4 is 15.6 Å². The number of aromatic nitrogens is 4. The van der Waals surface area contributed by atoms with Crippen molar-refractivity contribution in [2.24, 2.45) is 0 Å². The topological polar surface area (TPSA) is 103 Å². The zero-order valence-electron chi connectivity index (χ0n) is 18.9. The zero-order valence-corrected chi connectivity index (χ0v) is 19.7. The molecule has 1 fully saturated rings. The third kappa shape index (κ3) is 6.08. The maximum Gasteiger partial charge on any atom is 0.434 e. The number of rotatable bonds is 9. The van der Waals surface area contributed by atoms with Gasteiger partial charge in [-0.1, -0.05) is 31.2 Å². The molecule has 7 nitrogen and oxygen atoms in total. The van der Waals surface area contributed by atoms with Crippen LogP contribution in [0.25, 0.3) is 11.3 Å². The van der Waals surface area contributed by atoms with Gasteiger partial charge in [0.25, 0.3) is 0 Å². The molecule has 1 aliphatic carbocycles. The predicted molar refractivity (Wildman–Crippen MR) is 122 cm³/mol. The van der Waals surface area contributed by atoms with E-state index in [1.165, 1.54) is 12.4 Å². The lowest BCUT2D eigenvalue weighted by molar-refractivity contribution is -0.141. The summed E-state index contributed by atoms with van der Waals surface area (Å²) in [7, 11) is -3.28. The minimum Gasteiger partial charge on any atom is -0.299 e. The zero-order chi connectivity index (χ0) is 25.2. The Morgan fingerprint density at radius 2 is 1.80 bits per heavy atom. The van der Waals surface area contributed by atoms with Gasteiger partial charge in [-0.2, -0.15) is 13.2 Å². The van der Waals surface area contributed by atoms with E-state index in [2.05, 4.69) is 19.9 Å². The van der Waals surface area contributed by atoms with Crippen LogP contribution in [0.15, 0.2) is 48.9 Å². The van der Waals surface area contributed by atoms with E-state index in [1.807, 2.05) is 6.92 Å². The fraction of sp³-hybridized carbons (Fsp3) is 0.375. The van der Waals surface area contributed by atoms with E-state index in [0.29, 0.717) is 42.3 Å². The largest absolute Gasteiger partial charge is 0.434 e. The molecular formula is C24H23F3N4O3S. The lowest BCUT2D eigenvalue weighted by atomic mass is 9.92. The lowest BCUT2D eigenvalue weighted by Gasteiger charge is -2.14. The summed E-state index contributed by atoms with van der Waals surface area (Å²) in [5.41, 5.74) is 0.615. The highest BCUT2D eigenvalue weighted by Crippen LogP contribution is 2.31. The van der Waals surface area contributed by atoms with Crippen LogP contribution < -0.4 is 0 Å². The van der Waals surface area contributed by atoms with Gasteiger partial charge < -0.3 is 0 Å². The molecular weight excluding hydrogens is 481 g/mol. The third-order valence-corrected chi connectivity index (χ3v) is 7.94. The van der Waals surface area contributed by atoms with Crippen LogP contribution in [0.2, 0.25) is 0 Å². The van der Waals surface area contributed by atoms with Crippen LogP contribution in [0.3, 0.4) is 0 Å². The Labute approximate surface area is 200 Å². The van der Waals surface area contributed by atoms with Crippen LogP contribution >= 0.6 is 0 Å². The molecule has 2 aromatic heterocycles. The number of hydrogen-bond acceptors (Lipinski definition) is 7. The summed E-state index contributed by atoms with van der Waals surface area (Å²) in [6.45, 7) is 1.85. The Hall–Kier alpha value is -3.21. The summed E-state index contributed by atoms with van der Waals surface area (Å²) < 4.78 is 63.3. The lowest BCUT2D eigenvalue weighted by Crippen LogP contribution is -2.18. The number of Topliss-reactive ketones (excluding diaryl/α,β-unsaturated/α-hetero) is 1. The monoisotopic (exact) mass is 504 g/mol. The summed E-state index contributed by atoms with van der Waals surface area (Å²) >= 11 is 0. The Bertz CT molecular complexity index is 1320. The molecule has 3 aromatic rings. The van der Waals surface area contributed by atoms with Crippen LogP contribution in [-0.2, 0) is 33.0 Å². The van der Waals surface area contributed by atoms with Gasteiger partial charge in [0.1, 0.15) is 17.4 Å². The van der Waals surface area contributed by atoms with Gasteiger partial charge in [-0.3, -0.25) is 9.78 Å². The minimum absolute atomic E-state index is 0.0822. The molecule has 11 heteroatoms. The molecule has 0 N–H and O–H groups in total. The van der Waals surface area contributed by atoms with Gasteiger partial charge in [-0.25, -0.2) is 23.4 Å². The smallest absolute Gasteiger partial charge is 0.299 e. The molecule has 1 atom stereocenters. The average Bonchev–Trinajstić information content (AvgIpc) is 3.66. The van der Waals surface area contributed by atoms with Gasteiger partial charge in [0.2, 0.25) is 0 Å². The molecule has 2 heterocycles. The van der Waals surface area contributed by atoms with E-state index in [-0.39, 0.29) is 34.7 Å². The van der Waals surface area contributed by atoms with E-state index in [9.17, 15) is 26.4 Å². The summed E-state index contributed by atoms with van der Waals surface area (Å²) in [4.78, 5) is 28.7. The van der Waals surface area contributed by atoms with Gasteiger partial charge in [0.05, 0.1) is 34.9 Å². The first-order valence-electron chi connectivity index (χ1n) is 11.1. The molecule has 184 valence electrons. The van der Waals surface area contributed by atoms with Crippen molar-refractivity contribution in [1.29, 1.82) is 0 Å².